The summed E-state index contributed by atoms with van der Waals surface area (Å²) >= 11 is 5.87. The lowest BCUT2D eigenvalue weighted by Crippen LogP contribution is -2.38. The molecule has 9 nitrogen and oxygen atoms in total. The van der Waals surface area contributed by atoms with Crippen LogP contribution in [0.25, 0.3) is 0 Å². The molecule has 0 aliphatic rings. The fraction of sp³-hybridized carbons (Fsp3) is 0.233. The molecule has 1 amide bonds. The van der Waals surface area contributed by atoms with Crippen LogP contribution in [-0.4, -0.2) is 38.0 Å². The minimum absolute atomic E-state index is 0.00277. The van der Waals surface area contributed by atoms with Gasteiger partial charge in [-0.15, -0.1) is 0 Å². The van der Waals surface area contributed by atoms with Crippen LogP contribution in [0.2, 0.25) is 5.02 Å². The molecule has 0 saturated heterocycles. The van der Waals surface area contributed by atoms with E-state index in [1.807, 2.05) is 13.0 Å². The first-order valence-corrected chi connectivity index (χ1v) is 13.5. The minimum Gasteiger partial charge on any atom is -0.478 e. The van der Waals surface area contributed by atoms with E-state index in [0.29, 0.717) is 17.3 Å². The van der Waals surface area contributed by atoms with Gasteiger partial charge in [0.05, 0.1) is 16.3 Å². The number of nitrogens with one attached hydrogen (secondary N) is 1. The van der Waals surface area contributed by atoms with Gasteiger partial charge >= 0.3 is 12.1 Å². The van der Waals surface area contributed by atoms with Crippen molar-refractivity contribution in [3.8, 4) is 11.6 Å². The van der Waals surface area contributed by atoms with Gasteiger partial charge in [-0.3, -0.25) is 4.79 Å². The highest BCUT2D eigenvalue weighted by atomic mass is 35.5. The molecule has 0 aliphatic carbocycles. The Morgan fingerprint density at radius 3 is 2.47 bits per heavy atom. The number of rotatable bonds is 10. The SMILES string of the molecule is CCc1cccnc1NCc1cnc(Oc2ccc(N(C(=O)c3ccc(Cl)cn3)C(C)C)c(C(=O)O)c2)c(C(F)(F)F)c1. The van der Waals surface area contributed by atoms with Gasteiger partial charge in [-0.1, -0.05) is 24.6 Å². The molecule has 4 aromatic rings. The number of hydrogen-bond acceptors (Lipinski definition) is 7. The topological polar surface area (TPSA) is 118 Å². The Morgan fingerprint density at radius 1 is 1.07 bits per heavy atom. The number of carbonyl (C=O) groups is 2. The average Bonchev–Trinajstić information content (AvgIpc) is 2.97. The van der Waals surface area contributed by atoms with Crippen molar-refractivity contribution in [2.24, 2.45) is 0 Å². The van der Waals surface area contributed by atoms with Gasteiger partial charge in [0.15, 0.2) is 0 Å². The van der Waals surface area contributed by atoms with Gasteiger partial charge < -0.3 is 20.1 Å². The number of aromatic carboxylic acids is 1. The molecule has 0 radical (unpaired) electrons. The number of anilines is 2. The molecule has 0 saturated carbocycles. The summed E-state index contributed by atoms with van der Waals surface area (Å²) in [5.74, 6) is -2.43. The second kappa shape index (κ2) is 13.1. The van der Waals surface area contributed by atoms with Gasteiger partial charge in [0.1, 0.15) is 22.8 Å². The molecular formula is C30H27ClF3N5O4. The molecule has 1 aromatic carbocycles. The summed E-state index contributed by atoms with van der Waals surface area (Å²) in [6.07, 6.45) is -0.0285. The van der Waals surface area contributed by atoms with E-state index in [9.17, 15) is 27.9 Å². The van der Waals surface area contributed by atoms with Crippen LogP contribution < -0.4 is 15.0 Å². The number of halogens is 4. The molecule has 3 aromatic heterocycles. The zero-order chi connectivity index (χ0) is 31.3. The van der Waals surface area contributed by atoms with Crippen molar-refractivity contribution in [1.29, 1.82) is 0 Å². The zero-order valence-electron chi connectivity index (χ0n) is 23.3. The van der Waals surface area contributed by atoms with E-state index in [4.69, 9.17) is 16.3 Å². The number of benzene rings is 1. The number of carbonyl (C=O) groups excluding carboxylic acids is 1. The van der Waals surface area contributed by atoms with Crippen LogP contribution in [0.5, 0.6) is 11.6 Å². The zero-order valence-corrected chi connectivity index (χ0v) is 24.1. The molecule has 0 unspecified atom stereocenters. The van der Waals surface area contributed by atoms with E-state index in [1.54, 1.807) is 26.1 Å². The Bertz CT molecular complexity index is 1630. The van der Waals surface area contributed by atoms with Crippen molar-refractivity contribution in [2.75, 3.05) is 10.2 Å². The summed E-state index contributed by atoms with van der Waals surface area (Å²) in [5.41, 5.74) is -0.343. The highest BCUT2D eigenvalue weighted by Gasteiger charge is 2.36. The number of carboxylic acid groups (broad SMARTS) is 1. The number of hydrogen-bond donors (Lipinski definition) is 2. The van der Waals surface area contributed by atoms with Gasteiger partial charge in [0, 0.05) is 31.2 Å². The fourth-order valence-electron chi connectivity index (χ4n) is 4.26. The van der Waals surface area contributed by atoms with Crippen molar-refractivity contribution in [3.05, 3.63) is 100 Å². The van der Waals surface area contributed by atoms with Crippen LogP contribution in [0.1, 0.15) is 58.3 Å². The second-order valence-corrected chi connectivity index (χ2v) is 10.1. The first-order chi connectivity index (χ1) is 20.4. The monoisotopic (exact) mass is 613 g/mol. The van der Waals surface area contributed by atoms with Crippen molar-refractivity contribution in [3.63, 3.8) is 0 Å². The van der Waals surface area contributed by atoms with Gasteiger partial charge in [-0.2, -0.15) is 13.2 Å². The number of aryl methyl sites for hydroxylation is 1. The maximum Gasteiger partial charge on any atom is 0.421 e. The van der Waals surface area contributed by atoms with E-state index >= 15 is 0 Å². The number of carboxylic acids is 1. The third-order valence-corrected chi connectivity index (χ3v) is 6.52. The van der Waals surface area contributed by atoms with Crippen LogP contribution in [0.4, 0.5) is 24.7 Å². The third kappa shape index (κ3) is 7.39. The summed E-state index contributed by atoms with van der Waals surface area (Å²) < 4.78 is 47.6. The highest BCUT2D eigenvalue weighted by Crippen LogP contribution is 2.38. The number of alkyl halides is 3. The van der Waals surface area contributed by atoms with Crippen molar-refractivity contribution < 1.29 is 32.6 Å². The van der Waals surface area contributed by atoms with E-state index in [2.05, 4.69) is 20.3 Å². The van der Waals surface area contributed by atoms with Crippen molar-refractivity contribution in [2.45, 2.75) is 46.0 Å². The normalized spacial score (nSPS) is 11.3. The first kappa shape index (κ1) is 31.2. The molecular weight excluding hydrogens is 587 g/mol. The van der Waals surface area contributed by atoms with Crippen molar-refractivity contribution in [1.82, 2.24) is 15.0 Å². The lowest BCUT2D eigenvalue weighted by atomic mass is 10.1. The Hall–Kier alpha value is -4.71. The van der Waals surface area contributed by atoms with Gasteiger partial charge in [0.2, 0.25) is 5.88 Å². The number of aromatic nitrogens is 3. The molecule has 2 N–H and O–H groups in total. The smallest absolute Gasteiger partial charge is 0.421 e. The molecule has 13 heteroatoms. The fourth-order valence-corrected chi connectivity index (χ4v) is 4.38. The maximum absolute atomic E-state index is 14.0. The number of ether oxygens (including phenoxy) is 1. The number of pyridine rings is 3. The molecule has 0 fully saturated rings. The first-order valence-electron chi connectivity index (χ1n) is 13.1. The highest BCUT2D eigenvalue weighted by molar-refractivity contribution is 6.30. The molecule has 43 heavy (non-hydrogen) atoms. The summed E-state index contributed by atoms with van der Waals surface area (Å²) in [5, 5.41) is 13.3. The van der Waals surface area contributed by atoms with Crippen LogP contribution in [0, 0.1) is 0 Å². The van der Waals surface area contributed by atoms with E-state index in [1.165, 1.54) is 41.6 Å². The molecule has 224 valence electrons. The summed E-state index contributed by atoms with van der Waals surface area (Å²) in [7, 11) is 0. The van der Waals surface area contributed by atoms with Crippen molar-refractivity contribution >= 4 is 35.0 Å². The lowest BCUT2D eigenvalue weighted by Gasteiger charge is -2.28. The van der Waals surface area contributed by atoms with Gasteiger partial charge in [0.25, 0.3) is 5.91 Å². The van der Waals surface area contributed by atoms with Crippen LogP contribution in [0.3, 0.4) is 0 Å². The number of amides is 1. The summed E-state index contributed by atoms with van der Waals surface area (Å²) in [4.78, 5) is 38.9. The second-order valence-electron chi connectivity index (χ2n) is 9.63. The van der Waals surface area contributed by atoms with Crippen LogP contribution >= 0.6 is 11.6 Å². The largest absolute Gasteiger partial charge is 0.478 e. The Kier molecular flexibility index (Phi) is 9.50. The molecule has 0 bridgehead atoms. The molecule has 4 rings (SSSR count). The molecule has 0 atom stereocenters. The predicted octanol–water partition coefficient (Wildman–Crippen LogP) is 7.26. The summed E-state index contributed by atoms with van der Waals surface area (Å²) in [6.45, 7) is 5.32. The summed E-state index contributed by atoms with van der Waals surface area (Å²) in [6, 6.07) is 10.5. The standard InChI is InChI=1S/C30H27ClF3N5O4/c1-4-19-6-5-11-35-26(19)37-14-18-12-23(30(32,33)34)27(38-15-18)43-21-8-10-25(22(13-21)29(41)42)39(17(2)3)28(40)24-9-7-20(31)16-36-24/h5-13,15-17H,4,14H2,1-3H3,(H,35,37)(H,41,42). The maximum atomic E-state index is 14.0. The average molecular weight is 614 g/mol. The van der Waals surface area contributed by atoms with Gasteiger partial charge in [-0.05, 0) is 73.9 Å². The van der Waals surface area contributed by atoms with Crippen LogP contribution in [-0.2, 0) is 19.1 Å². The third-order valence-electron chi connectivity index (χ3n) is 6.30. The van der Waals surface area contributed by atoms with E-state index in [0.717, 1.165) is 17.7 Å². The van der Waals surface area contributed by atoms with Gasteiger partial charge in [-0.25, -0.2) is 19.7 Å². The lowest BCUT2D eigenvalue weighted by molar-refractivity contribution is -0.138. The molecule has 0 aliphatic heterocycles. The van der Waals surface area contributed by atoms with E-state index < -0.39 is 35.5 Å². The Balaban J connectivity index is 1.64. The number of nitrogens with zero attached hydrogens (tertiary/aromatic N) is 4. The minimum atomic E-state index is -4.82. The Labute approximate surface area is 250 Å². The molecule has 3 heterocycles. The molecule has 0 spiro atoms. The quantitative estimate of drug-likeness (QED) is 0.192. The van der Waals surface area contributed by atoms with Crippen LogP contribution in [0.15, 0.2) is 67.1 Å². The predicted molar refractivity (Wildman–Crippen MR) is 155 cm³/mol. The van der Waals surface area contributed by atoms with E-state index in [-0.39, 0.29) is 34.8 Å². The Morgan fingerprint density at radius 2 is 1.84 bits per heavy atom.